The summed E-state index contributed by atoms with van der Waals surface area (Å²) in [5.41, 5.74) is 4.22. The number of anilines is 3. The summed E-state index contributed by atoms with van der Waals surface area (Å²) in [6, 6.07) is 21.9. The number of rotatable bonds is 6. The van der Waals surface area contributed by atoms with Crippen molar-refractivity contribution in [3.05, 3.63) is 83.9 Å². The lowest BCUT2D eigenvalue weighted by molar-refractivity contribution is 0.601. The molecule has 1 heterocycles. The van der Waals surface area contributed by atoms with Gasteiger partial charge in [-0.3, -0.25) is 4.72 Å². The zero-order chi connectivity index (χ0) is 21.1. The Hall–Kier alpha value is -3.45. The molecule has 0 unspecified atom stereocenters. The number of nitrogens with one attached hydrogen (secondary N) is 2. The fourth-order valence-corrected chi connectivity index (χ4v) is 4.15. The fraction of sp³-hybridized carbons (Fsp3) is 0.130. The fourth-order valence-electron chi connectivity index (χ4n) is 3.14. The van der Waals surface area contributed by atoms with Crippen LogP contribution in [0.4, 0.5) is 17.3 Å². The van der Waals surface area contributed by atoms with Crippen molar-refractivity contribution >= 4 is 38.4 Å². The standard InChI is InChI=1S/C23H22N4O2S/c1-3-17-8-4-5-9-19(17)24-22-23(26-21-11-7-6-10-20(21)25-22)27-30(28,29)18-14-12-16(2)13-15-18/h4-15H,3H2,1-2H3,(H,24,25)(H,26,27). The van der Waals surface area contributed by atoms with Crippen LogP contribution in [0, 0.1) is 6.92 Å². The molecule has 0 aliphatic rings. The first-order valence-electron chi connectivity index (χ1n) is 9.67. The Labute approximate surface area is 176 Å². The number of nitrogens with zero attached hydrogens (tertiary/aromatic N) is 2. The molecule has 1 aromatic heterocycles. The molecule has 0 aliphatic heterocycles. The maximum atomic E-state index is 13.0. The van der Waals surface area contributed by atoms with E-state index in [2.05, 4.69) is 26.9 Å². The number of aryl methyl sites for hydroxylation is 2. The first-order valence-corrected chi connectivity index (χ1v) is 11.2. The van der Waals surface area contributed by atoms with Gasteiger partial charge in [-0.15, -0.1) is 0 Å². The number of benzene rings is 3. The molecule has 4 aromatic rings. The van der Waals surface area contributed by atoms with Crippen LogP contribution in [-0.2, 0) is 16.4 Å². The lowest BCUT2D eigenvalue weighted by atomic mass is 10.1. The van der Waals surface area contributed by atoms with Gasteiger partial charge in [0, 0.05) is 5.69 Å². The average Bonchev–Trinajstić information content (AvgIpc) is 2.74. The highest BCUT2D eigenvalue weighted by atomic mass is 32.2. The Morgan fingerprint density at radius 2 is 1.40 bits per heavy atom. The average molecular weight is 419 g/mol. The van der Waals surface area contributed by atoms with E-state index in [1.807, 2.05) is 49.4 Å². The molecule has 0 spiro atoms. The summed E-state index contributed by atoms with van der Waals surface area (Å²) in [7, 11) is -3.82. The van der Waals surface area contributed by atoms with E-state index >= 15 is 0 Å². The molecule has 0 amide bonds. The third-order valence-electron chi connectivity index (χ3n) is 4.78. The molecule has 2 N–H and O–H groups in total. The summed E-state index contributed by atoms with van der Waals surface area (Å²) < 4.78 is 28.5. The summed E-state index contributed by atoms with van der Waals surface area (Å²) in [6.07, 6.45) is 0.828. The van der Waals surface area contributed by atoms with Gasteiger partial charge < -0.3 is 5.32 Å². The van der Waals surface area contributed by atoms with E-state index in [-0.39, 0.29) is 10.7 Å². The van der Waals surface area contributed by atoms with Crippen LogP contribution in [0.1, 0.15) is 18.1 Å². The monoisotopic (exact) mass is 418 g/mol. The van der Waals surface area contributed by atoms with Gasteiger partial charge in [-0.25, -0.2) is 18.4 Å². The summed E-state index contributed by atoms with van der Waals surface area (Å²) in [4.78, 5) is 9.35. The van der Waals surface area contributed by atoms with Crippen LogP contribution in [0.3, 0.4) is 0 Å². The molecule has 0 saturated carbocycles. The number of hydrogen-bond acceptors (Lipinski definition) is 5. The predicted molar refractivity (Wildman–Crippen MR) is 121 cm³/mol. The Morgan fingerprint density at radius 1 is 0.800 bits per heavy atom. The van der Waals surface area contributed by atoms with Gasteiger partial charge in [-0.2, -0.15) is 0 Å². The molecule has 0 radical (unpaired) electrons. The highest BCUT2D eigenvalue weighted by molar-refractivity contribution is 7.92. The topological polar surface area (TPSA) is 84.0 Å². The van der Waals surface area contributed by atoms with Gasteiger partial charge in [0.1, 0.15) is 0 Å². The normalized spacial score (nSPS) is 11.4. The van der Waals surface area contributed by atoms with Crippen LogP contribution in [0.15, 0.2) is 77.7 Å². The van der Waals surface area contributed by atoms with Gasteiger partial charge >= 0.3 is 0 Å². The van der Waals surface area contributed by atoms with Crippen molar-refractivity contribution in [1.29, 1.82) is 0 Å². The Bertz CT molecular complexity index is 1300. The first-order chi connectivity index (χ1) is 14.5. The van der Waals surface area contributed by atoms with E-state index in [0.717, 1.165) is 23.2 Å². The van der Waals surface area contributed by atoms with E-state index in [9.17, 15) is 8.42 Å². The highest BCUT2D eigenvalue weighted by Crippen LogP contribution is 2.28. The Morgan fingerprint density at radius 3 is 2.07 bits per heavy atom. The van der Waals surface area contributed by atoms with Gasteiger partial charge in [0.25, 0.3) is 10.0 Å². The molecule has 0 fully saturated rings. The molecule has 3 aromatic carbocycles. The van der Waals surface area contributed by atoms with Gasteiger partial charge in [-0.05, 0) is 49.2 Å². The van der Waals surface area contributed by atoms with Crippen LogP contribution in [0.25, 0.3) is 11.0 Å². The second-order valence-electron chi connectivity index (χ2n) is 6.96. The Balaban J connectivity index is 1.79. The molecule has 0 aliphatic carbocycles. The van der Waals surface area contributed by atoms with Crippen LogP contribution in [-0.4, -0.2) is 18.4 Å². The van der Waals surface area contributed by atoms with Crippen molar-refractivity contribution in [2.24, 2.45) is 0 Å². The van der Waals surface area contributed by atoms with E-state index < -0.39 is 10.0 Å². The SMILES string of the molecule is CCc1ccccc1Nc1nc2ccccc2nc1NS(=O)(=O)c1ccc(C)cc1. The lowest BCUT2D eigenvalue weighted by Gasteiger charge is -2.15. The van der Waals surface area contributed by atoms with Crippen molar-refractivity contribution in [2.75, 3.05) is 10.0 Å². The third kappa shape index (κ3) is 4.11. The maximum Gasteiger partial charge on any atom is 0.263 e. The van der Waals surface area contributed by atoms with Crippen molar-refractivity contribution in [3.63, 3.8) is 0 Å². The second-order valence-corrected chi connectivity index (χ2v) is 8.65. The molecule has 4 rings (SSSR count). The summed E-state index contributed by atoms with van der Waals surface area (Å²) in [6.45, 7) is 3.97. The van der Waals surface area contributed by atoms with Crippen molar-refractivity contribution in [2.45, 2.75) is 25.2 Å². The van der Waals surface area contributed by atoms with E-state index in [0.29, 0.717) is 16.9 Å². The van der Waals surface area contributed by atoms with Gasteiger partial charge in [-0.1, -0.05) is 55.0 Å². The van der Waals surface area contributed by atoms with Crippen molar-refractivity contribution in [1.82, 2.24) is 9.97 Å². The molecule has 30 heavy (non-hydrogen) atoms. The molecule has 0 saturated heterocycles. The lowest BCUT2D eigenvalue weighted by Crippen LogP contribution is -2.16. The number of hydrogen-bond donors (Lipinski definition) is 2. The number of para-hydroxylation sites is 3. The Kier molecular flexibility index (Phi) is 5.37. The van der Waals surface area contributed by atoms with E-state index in [1.54, 1.807) is 30.3 Å². The minimum atomic E-state index is -3.82. The molecular formula is C23H22N4O2S. The number of aromatic nitrogens is 2. The highest BCUT2D eigenvalue weighted by Gasteiger charge is 2.19. The van der Waals surface area contributed by atoms with Gasteiger partial charge in [0.2, 0.25) is 0 Å². The quantitative estimate of drug-likeness (QED) is 0.458. The summed E-state index contributed by atoms with van der Waals surface area (Å²) in [5, 5.41) is 3.27. The minimum Gasteiger partial charge on any atom is -0.337 e. The molecular weight excluding hydrogens is 396 g/mol. The number of fused-ring (bicyclic) bond motifs is 1. The smallest absolute Gasteiger partial charge is 0.263 e. The first kappa shape index (κ1) is 19.8. The van der Waals surface area contributed by atoms with E-state index in [4.69, 9.17) is 0 Å². The van der Waals surface area contributed by atoms with Crippen LogP contribution in [0.5, 0.6) is 0 Å². The van der Waals surface area contributed by atoms with Crippen molar-refractivity contribution in [3.8, 4) is 0 Å². The van der Waals surface area contributed by atoms with E-state index in [1.165, 1.54) is 0 Å². The molecule has 7 heteroatoms. The zero-order valence-electron chi connectivity index (χ0n) is 16.8. The largest absolute Gasteiger partial charge is 0.337 e. The van der Waals surface area contributed by atoms with Crippen LogP contribution in [0.2, 0.25) is 0 Å². The molecule has 0 atom stereocenters. The summed E-state index contributed by atoms with van der Waals surface area (Å²) in [5.74, 6) is 0.505. The summed E-state index contributed by atoms with van der Waals surface area (Å²) >= 11 is 0. The minimum absolute atomic E-state index is 0.153. The van der Waals surface area contributed by atoms with Gasteiger partial charge in [0.05, 0.1) is 15.9 Å². The zero-order valence-corrected chi connectivity index (χ0v) is 17.6. The molecule has 0 bridgehead atoms. The predicted octanol–water partition coefficient (Wildman–Crippen LogP) is 5.05. The van der Waals surface area contributed by atoms with Gasteiger partial charge in [0.15, 0.2) is 11.6 Å². The van der Waals surface area contributed by atoms with Crippen LogP contribution >= 0.6 is 0 Å². The maximum absolute atomic E-state index is 13.0. The molecule has 6 nitrogen and oxygen atoms in total. The second kappa shape index (κ2) is 8.12. The van der Waals surface area contributed by atoms with Crippen LogP contribution < -0.4 is 10.0 Å². The molecule has 152 valence electrons. The number of sulfonamides is 1. The third-order valence-corrected chi connectivity index (χ3v) is 6.14. The van der Waals surface area contributed by atoms with Crippen molar-refractivity contribution < 1.29 is 8.42 Å².